The molecule has 108 valence electrons. The summed E-state index contributed by atoms with van der Waals surface area (Å²) < 4.78 is 0. The fourth-order valence-corrected chi connectivity index (χ4v) is 1.30. The molecule has 1 aromatic carbocycles. The van der Waals surface area contributed by atoms with Gasteiger partial charge in [-0.2, -0.15) is 0 Å². The number of para-hydroxylation sites is 1. The van der Waals surface area contributed by atoms with Crippen LogP contribution in [-0.2, 0) is 12.3 Å². The van der Waals surface area contributed by atoms with Crippen LogP contribution in [0.4, 0.5) is 5.69 Å². The van der Waals surface area contributed by atoms with E-state index in [9.17, 15) is 0 Å². The molecule has 0 atom stereocenters. The minimum atomic E-state index is -1.77. The molecule has 20 heavy (non-hydrogen) atoms. The van der Waals surface area contributed by atoms with Crippen molar-refractivity contribution in [2.24, 2.45) is 4.99 Å². The summed E-state index contributed by atoms with van der Waals surface area (Å²) in [6.45, 7) is 2.05. The van der Waals surface area contributed by atoms with Gasteiger partial charge < -0.3 is 7.43 Å². The van der Waals surface area contributed by atoms with Crippen LogP contribution in [0.5, 0.6) is 0 Å². The number of aryl methyl sites for hydroxylation is 1. The first-order valence-corrected chi connectivity index (χ1v) is 11.1. The Morgan fingerprint density at radius 1 is 1.05 bits per heavy atom. The Balaban J connectivity index is 0.000000644. The summed E-state index contributed by atoms with van der Waals surface area (Å²) >= 11 is -1.77. The van der Waals surface area contributed by atoms with E-state index in [1.807, 2.05) is 49.4 Å². The molecule has 1 heterocycles. The molecule has 0 aliphatic rings. The van der Waals surface area contributed by atoms with E-state index in [0.29, 0.717) is 0 Å². The molecule has 0 unspecified atom stereocenters. The molecule has 0 aliphatic heterocycles. The van der Waals surface area contributed by atoms with Gasteiger partial charge in [0.25, 0.3) is 0 Å². The minimum absolute atomic E-state index is 0. The number of nitrogens with zero attached hydrogens (tertiary/aromatic N) is 2. The first-order valence-electron chi connectivity index (χ1n) is 5.38. The van der Waals surface area contributed by atoms with Crippen LogP contribution in [0.3, 0.4) is 0 Å². The quantitative estimate of drug-likeness (QED) is 0.496. The molecule has 6 heteroatoms. The van der Waals surface area contributed by atoms with Crippen molar-refractivity contribution < 1.29 is 12.3 Å². The number of aliphatic imine (C=N–C) groups is 1. The molecule has 0 aliphatic carbocycles. The van der Waals surface area contributed by atoms with Gasteiger partial charge in [0.1, 0.15) is 0 Å². The van der Waals surface area contributed by atoms with Crippen LogP contribution in [0.25, 0.3) is 0 Å². The van der Waals surface area contributed by atoms with Gasteiger partial charge in [-0.1, -0.05) is 24.3 Å². The predicted octanol–water partition coefficient (Wildman–Crippen LogP) is 5.66. The Morgan fingerprint density at radius 2 is 1.65 bits per heavy atom. The number of hydrogen-bond acceptors (Lipinski definition) is 2. The van der Waals surface area contributed by atoms with E-state index in [2.05, 4.69) is 9.98 Å². The topological polar surface area (TPSA) is 25.2 Å². The first-order chi connectivity index (χ1) is 9.09. The summed E-state index contributed by atoms with van der Waals surface area (Å²) in [6, 6.07) is 13.8. The van der Waals surface area contributed by atoms with Crippen molar-refractivity contribution in [3.05, 3.63) is 67.3 Å². The Morgan fingerprint density at radius 3 is 2.20 bits per heavy atom. The van der Waals surface area contributed by atoms with E-state index in [1.54, 1.807) is 12.4 Å². The molecule has 0 saturated heterocycles. The standard InChI is InChI=1S/C13H12N2.CH3.3ClH.V/c1-11-6-2-3-8-13(11)15-10-12-7-4-5-9-14-12;;;;;/h2-10H,1H3;1H3;3*1H;/q;-1;;;;+3/p-3. The summed E-state index contributed by atoms with van der Waals surface area (Å²) in [6.07, 6.45) is 3.54. The van der Waals surface area contributed by atoms with E-state index in [-0.39, 0.29) is 7.43 Å². The molecule has 0 radical (unpaired) electrons. The van der Waals surface area contributed by atoms with Gasteiger partial charge in [0.05, 0.1) is 17.6 Å². The third-order valence-corrected chi connectivity index (χ3v) is 2.14. The van der Waals surface area contributed by atoms with Gasteiger partial charge in [-0.15, -0.1) is 0 Å². The average Bonchev–Trinajstić information content (AvgIpc) is 2.38. The van der Waals surface area contributed by atoms with Crippen LogP contribution >= 0.6 is 29.5 Å². The van der Waals surface area contributed by atoms with Gasteiger partial charge in [0, 0.05) is 6.20 Å². The van der Waals surface area contributed by atoms with Gasteiger partial charge in [-0.05, 0) is 30.7 Å². The zero-order chi connectivity index (χ0) is 14.1. The molecule has 0 fully saturated rings. The third kappa shape index (κ3) is 8.62. The second kappa shape index (κ2) is 11.2. The van der Waals surface area contributed by atoms with Crippen LogP contribution in [0.1, 0.15) is 11.3 Å². The number of halogens is 3. The average molecular weight is 369 g/mol. The molecule has 1 aromatic heterocycles. The summed E-state index contributed by atoms with van der Waals surface area (Å²) in [5.74, 6) is 0. The van der Waals surface area contributed by atoms with Crippen molar-refractivity contribution in [3.63, 3.8) is 0 Å². The van der Waals surface area contributed by atoms with E-state index >= 15 is 0 Å². The summed E-state index contributed by atoms with van der Waals surface area (Å²) in [5.41, 5.74) is 3.04. The van der Waals surface area contributed by atoms with E-state index in [0.717, 1.165) is 11.4 Å². The number of benzene rings is 1. The summed E-state index contributed by atoms with van der Waals surface area (Å²) in [5, 5.41) is 0. The molecule has 0 saturated carbocycles. The first kappa shape index (κ1) is 19.5. The van der Waals surface area contributed by atoms with Crippen molar-refractivity contribution >= 4 is 41.4 Å². The van der Waals surface area contributed by atoms with Crippen LogP contribution in [0, 0.1) is 14.4 Å². The third-order valence-electron chi connectivity index (χ3n) is 2.14. The molecule has 0 spiro atoms. The second-order valence-electron chi connectivity index (χ2n) is 3.49. The Labute approximate surface area is 137 Å². The molecule has 0 bridgehead atoms. The Bertz CT molecular complexity index is 516. The monoisotopic (exact) mass is 367 g/mol. The molecule has 2 aromatic rings. The van der Waals surface area contributed by atoms with Gasteiger partial charge >= 0.3 is 41.8 Å². The molecular formula is C14H15Cl3N2V-. The Hall–Kier alpha value is -0.506. The van der Waals surface area contributed by atoms with Crippen molar-refractivity contribution in [1.82, 2.24) is 4.98 Å². The summed E-state index contributed by atoms with van der Waals surface area (Å²) in [4.78, 5) is 8.56. The summed E-state index contributed by atoms with van der Waals surface area (Å²) in [7, 11) is 14.9. The van der Waals surface area contributed by atoms with Gasteiger partial charge in [-0.3, -0.25) is 9.98 Å². The SMILES string of the molecule is Cc1ccccc1N=Cc1ccccn1.[CH3-].[Cl][V]([Cl])[Cl]. The normalized spacial score (nSPS) is 9.85. The zero-order valence-corrected chi connectivity index (χ0v) is 14.8. The van der Waals surface area contributed by atoms with Crippen molar-refractivity contribution in [3.8, 4) is 0 Å². The van der Waals surface area contributed by atoms with Gasteiger partial charge in [0.15, 0.2) is 0 Å². The molecule has 0 N–H and O–H groups in total. The number of hydrogen-bond donors (Lipinski definition) is 0. The van der Waals surface area contributed by atoms with E-state index in [1.165, 1.54) is 5.56 Å². The van der Waals surface area contributed by atoms with Crippen molar-refractivity contribution in [2.75, 3.05) is 0 Å². The fraction of sp³-hybridized carbons (Fsp3) is 0.0714. The Kier molecular flexibility index (Phi) is 10.9. The number of rotatable bonds is 2. The van der Waals surface area contributed by atoms with E-state index < -0.39 is 12.3 Å². The van der Waals surface area contributed by atoms with E-state index in [4.69, 9.17) is 29.5 Å². The molecule has 2 nitrogen and oxygen atoms in total. The molecule has 0 amide bonds. The van der Waals surface area contributed by atoms with Crippen molar-refractivity contribution in [2.45, 2.75) is 6.92 Å². The number of aromatic nitrogens is 1. The second-order valence-corrected chi connectivity index (χ2v) is 10.4. The van der Waals surface area contributed by atoms with Crippen molar-refractivity contribution in [1.29, 1.82) is 0 Å². The maximum atomic E-state index is 4.95. The molecular weight excluding hydrogens is 353 g/mol. The van der Waals surface area contributed by atoms with Crippen LogP contribution in [0.2, 0.25) is 0 Å². The van der Waals surface area contributed by atoms with Crippen LogP contribution in [0.15, 0.2) is 53.7 Å². The van der Waals surface area contributed by atoms with Crippen LogP contribution in [-0.4, -0.2) is 11.2 Å². The predicted molar refractivity (Wildman–Crippen MR) is 86.6 cm³/mol. The van der Waals surface area contributed by atoms with Gasteiger partial charge in [-0.25, -0.2) is 0 Å². The number of pyridine rings is 1. The fourth-order valence-electron chi connectivity index (χ4n) is 1.30. The zero-order valence-electron chi connectivity index (χ0n) is 11.2. The maximum absolute atomic E-state index is 4.95. The molecule has 2 rings (SSSR count). The van der Waals surface area contributed by atoms with Crippen LogP contribution < -0.4 is 0 Å². The van der Waals surface area contributed by atoms with Gasteiger partial charge in [0.2, 0.25) is 0 Å².